The number of amides is 1. The molecule has 0 aliphatic carbocycles. The molecule has 9 heteroatoms. The third-order valence-corrected chi connectivity index (χ3v) is 5.74. The van der Waals surface area contributed by atoms with Gasteiger partial charge < -0.3 is 11.1 Å². The number of anilines is 1. The molecule has 1 amide bonds. The zero-order valence-corrected chi connectivity index (χ0v) is 21.8. The molecule has 0 aliphatic rings. The van der Waals surface area contributed by atoms with E-state index in [0.717, 1.165) is 0 Å². The van der Waals surface area contributed by atoms with E-state index >= 15 is 0 Å². The quantitative estimate of drug-likeness (QED) is 0.301. The van der Waals surface area contributed by atoms with Gasteiger partial charge in [-0.1, -0.05) is 62.6 Å². The number of hydrogen-bond donors (Lipinski definition) is 2. The van der Waals surface area contributed by atoms with E-state index in [0.29, 0.717) is 28.0 Å². The zero-order valence-electron chi connectivity index (χ0n) is 21.8. The first-order chi connectivity index (χ1) is 18.2. The SMILES string of the molecule is C=C/C=N\c1c(C(=O)NC(C)c2nc3cccc(C#CC(C)C)c3c(=O)n2-c2ccccc2)c(N)nn1C. The Labute approximate surface area is 220 Å². The molecule has 9 nitrogen and oxygen atoms in total. The highest BCUT2D eigenvalue weighted by Gasteiger charge is 2.25. The van der Waals surface area contributed by atoms with E-state index in [1.165, 1.54) is 21.5 Å². The number of aryl methyl sites for hydroxylation is 1. The van der Waals surface area contributed by atoms with Gasteiger partial charge >= 0.3 is 0 Å². The summed E-state index contributed by atoms with van der Waals surface area (Å²) in [7, 11) is 1.64. The molecule has 0 aliphatic heterocycles. The minimum atomic E-state index is -0.680. The highest BCUT2D eigenvalue weighted by atomic mass is 16.2. The van der Waals surface area contributed by atoms with E-state index in [4.69, 9.17) is 10.7 Å². The smallest absolute Gasteiger partial charge is 0.267 e. The Hall–Kier alpha value is -4.97. The van der Waals surface area contributed by atoms with Gasteiger partial charge in [0.25, 0.3) is 11.5 Å². The van der Waals surface area contributed by atoms with Gasteiger partial charge in [0, 0.05) is 24.7 Å². The van der Waals surface area contributed by atoms with Crippen LogP contribution >= 0.6 is 0 Å². The van der Waals surface area contributed by atoms with Gasteiger partial charge in [-0.25, -0.2) is 14.7 Å². The van der Waals surface area contributed by atoms with Crippen molar-refractivity contribution in [2.75, 3.05) is 5.73 Å². The first-order valence-corrected chi connectivity index (χ1v) is 12.1. The predicted molar refractivity (Wildman–Crippen MR) is 151 cm³/mol. The second-order valence-corrected chi connectivity index (χ2v) is 8.99. The molecule has 192 valence electrons. The molecular weight excluding hydrogens is 478 g/mol. The van der Waals surface area contributed by atoms with E-state index in [1.54, 1.807) is 20.0 Å². The Morgan fingerprint density at radius 1 is 1.16 bits per heavy atom. The highest BCUT2D eigenvalue weighted by Crippen LogP contribution is 2.26. The summed E-state index contributed by atoms with van der Waals surface area (Å²) in [5.74, 6) is 6.58. The maximum atomic E-state index is 14.0. The Balaban J connectivity index is 1.87. The van der Waals surface area contributed by atoms with Gasteiger partial charge in [-0.3, -0.25) is 14.2 Å². The molecule has 0 radical (unpaired) electrons. The van der Waals surface area contributed by atoms with Crippen LogP contribution in [-0.4, -0.2) is 31.5 Å². The van der Waals surface area contributed by atoms with E-state index in [2.05, 4.69) is 33.8 Å². The number of nitrogens with two attached hydrogens (primary N) is 1. The van der Waals surface area contributed by atoms with E-state index in [-0.39, 0.29) is 28.7 Å². The minimum absolute atomic E-state index is 0.0358. The van der Waals surface area contributed by atoms with Crippen LogP contribution in [0.5, 0.6) is 0 Å². The van der Waals surface area contributed by atoms with Crippen molar-refractivity contribution in [2.45, 2.75) is 26.8 Å². The molecule has 1 unspecified atom stereocenters. The number of nitrogen functional groups attached to an aromatic ring is 1. The van der Waals surface area contributed by atoms with Gasteiger partial charge in [-0.2, -0.15) is 5.10 Å². The second-order valence-electron chi connectivity index (χ2n) is 8.99. The minimum Gasteiger partial charge on any atom is -0.381 e. The topological polar surface area (TPSA) is 120 Å². The van der Waals surface area contributed by atoms with E-state index in [1.807, 2.05) is 56.3 Å². The van der Waals surface area contributed by atoms with Gasteiger partial charge in [-0.05, 0) is 31.2 Å². The number of carbonyl (C=O) groups excluding carboxylic acids is 1. The first-order valence-electron chi connectivity index (χ1n) is 12.1. The molecule has 0 saturated heterocycles. The second kappa shape index (κ2) is 11.0. The number of para-hydroxylation sites is 1. The van der Waals surface area contributed by atoms with Crippen LogP contribution < -0.4 is 16.6 Å². The molecule has 0 saturated carbocycles. The van der Waals surface area contributed by atoms with Crippen molar-refractivity contribution < 1.29 is 4.79 Å². The third-order valence-electron chi connectivity index (χ3n) is 5.74. The molecule has 1 atom stereocenters. The molecule has 2 aromatic heterocycles. The molecule has 4 rings (SSSR count). The summed E-state index contributed by atoms with van der Waals surface area (Å²) in [6, 6.07) is 13.9. The molecule has 0 spiro atoms. The average molecular weight is 508 g/mol. The number of allylic oxidation sites excluding steroid dienone is 1. The molecule has 0 fully saturated rings. The Morgan fingerprint density at radius 2 is 1.89 bits per heavy atom. The van der Waals surface area contributed by atoms with Crippen molar-refractivity contribution >= 4 is 34.7 Å². The van der Waals surface area contributed by atoms with Crippen molar-refractivity contribution in [3.8, 4) is 17.5 Å². The van der Waals surface area contributed by atoms with Crippen molar-refractivity contribution in [2.24, 2.45) is 18.0 Å². The van der Waals surface area contributed by atoms with Gasteiger partial charge in [-0.15, -0.1) is 0 Å². The molecule has 3 N–H and O–H groups in total. The van der Waals surface area contributed by atoms with Gasteiger partial charge in [0.2, 0.25) is 0 Å². The van der Waals surface area contributed by atoms with Crippen molar-refractivity contribution in [1.29, 1.82) is 0 Å². The van der Waals surface area contributed by atoms with Crippen LogP contribution in [0.15, 0.2) is 71.0 Å². The standard InChI is InChI=1S/C29H29N7O2/c1-6-17-31-27-24(25(30)34-35(27)5)28(37)32-19(4)26-33-22-14-10-11-20(16-15-18(2)3)23(22)29(38)36(26)21-12-8-7-9-13-21/h6-14,17-19H,1H2,2-5H3,(H2,30,34)(H,32,37)/b31-17-. The number of hydrogen-bond acceptors (Lipinski definition) is 6. The van der Waals surface area contributed by atoms with Gasteiger partial charge in [0.05, 0.1) is 22.6 Å². The predicted octanol–water partition coefficient (Wildman–Crippen LogP) is 4.09. The largest absolute Gasteiger partial charge is 0.381 e. The summed E-state index contributed by atoms with van der Waals surface area (Å²) >= 11 is 0. The number of nitrogens with one attached hydrogen (secondary N) is 1. The Kier molecular flexibility index (Phi) is 7.53. The highest BCUT2D eigenvalue weighted by molar-refractivity contribution is 6.03. The summed E-state index contributed by atoms with van der Waals surface area (Å²) in [6.07, 6.45) is 2.94. The number of nitrogens with zero attached hydrogens (tertiary/aromatic N) is 5. The van der Waals surface area contributed by atoms with Gasteiger partial charge in [0.1, 0.15) is 11.4 Å². The molecule has 2 heterocycles. The van der Waals surface area contributed by atoms with Gasteiger partial charge in [0.15, 0.2) is 11.6 Å². The number of aliphatic imine (C=N–C) groups is 1. The Bertz CT molecular complexity index is 1670. The third kappa shape index (κ3) is 5.11. The average Bonchev–Trinajstić information content (AvgIpc) is 3.18. The van der Waals surface area contributed by atoms with E-state index < -0.39 is 11.9 Å². The Morgan fingerprint density at radius 3 is 2.58 bits per heavy atom. The number of rotatable bonds is 6. The molecule has 38 heavy (non-hydrogen) atoms. The van der Waals surface area contributed by atoms with Crippen molar-refractivity contribution in [3.05, 3.63) is 88.5 Å². The monoisotopic (exact) mass is 507 g/mol. The first kappa shape index (κ1) is 26.1. The van der Waals surface area contributed by atoms with Crippen LogP contribution in [0, 0.1) is 17.8 Å². The molecular formula is C29H29N7O2. The maximum absolute atomic E-state index is 14.0. The zero-order chi connectivity index (χ0) is 27.4. The summed E-state index contributed by atoms with van der Waals surface area (Å²) in [5.41, 5.74) is 7.60. The van der Waals surface area contributed by atoms with Crippen LogP contribution in [0.3, 0.4) is 0 Å². The summed E-state index contributed by atoms with van der Waals surface area (Å²) in [4.78, 5) is 36.4. The van der Waals surface area contributed by atoms with Crippen molar-refractivity contribution in [1.82, 2.24) is 24.6 Å². The number of fused-ring (bicyclic) bond motifs is 1. The number of aromatic nitrogens is 4. The summed E-state index contributed by atoms with van der Waals surface area (Å²) in [5, 5.41) is 7.47. The van der Waals surface area contributed by atoms with Crippen molar-refractivity contribution in [3.63, 3.8) is 0 Å². The lowest BCUT2D eigenvalue weighted by Gasteiger charge is -2.20. The fourth-order valence-electron chi connectivity index (χ4n) is 4.05. The lowest BCUT2D eigenvalue weighted by atomic mass is 10.1. The van der Waals surface area contributed by atoms with E-state index in [9.17, 15) is 9.59 Å². The van der Waals surface area contributed by atoms with Crippen LogP contribution in [0.4, 0.5) is 11.6 Å². The lowest BCUT2D eigenvalue weighted by molar-refractivity contribution is 0.0939. The fourth-order valence-corrected chi connectivity index (χ4v) is 4.05. The van der Waals surface area contributed by atoms with Crippen LogP contribution in [-0.2, 0) is 7.05 Å². The number of carbonyl (C=O) groups is 1. The molecule has 4 aromatic rings. The summed E-state index contributed by atoms with van der Waals surface area (Å²) < 4.78 is 2.93. The lowest BCUT2D eigenvalue weighted by Crippen LogP contribution is -2.33. The van der Waals surface area contributed by atoms with Crippen LogP contribution in [0.2, 0.25) is 0 Å². The van der Waals surface area contributed by atoms with Crippen LogP contribution in [0.25, 0.3) is 16.6 Å². The molecule has 2 aromatic carbocycles. The number of benzene rings is 2. The maximum Gasteiger partial charge on any atom is 0.267 e. The van der Waals surface area contributed by atoms with Crippen LogP contribution in [0.1, 0.15) is 48.6 Å². The molecule has 0 bridgehead atoms. The normalized spacial score (nSPS) is 11.9. The summed E-state index contributed by atoms with van der Waals surface area (Å²) in [6.45, 7) is 9.35. The fraction of sp³-hybridized carbons (Fsp3) is 0.207.